The molecular formula is C8H18N2O. The van der Waals surface area contributed by atoms with E-state index in [-0.39, 0.29) is 0 Å². The second-order valence-electron chi connectivity index (χ2n) is 3.31. The fourth-order valence-corrected chi connectivity index (χ4v) is 1.59. The smallest absolute Gasteiger partial charge is 0.115 e. The van der Waals surface area contributed by atoms with Crippen LogP contribution < -0.4 is 11.1 Å². The summed E-state index contributed by atoms with van der Waals surface area (Å²) in [5.74, 6) is 0. The lowest BCUT2D eigenvalue weighted by Gasteiger charge is -2.23. The topological polar surface area (TPSA) is 58.3 Å². The van der Waals surface area contributed by atoms with Crippen molar-refractivity contribution in [2.75, 3.05) is 6.54 Å². The summed E-state index contributed by atoms with van der Waals surface area (Å²) in [6.07, 6.45) is 5.79. The van der Waals surface area contributed by atoms with Gasteiger partial charge in [-0.3, -0.25) is 0 Å². The SMILES string of the molecule is NC(O)CNC1CCCCC1. The maximum absolute atomic E-state index is 8.80. The average Bonchev–Trinajstić information content (AvgIpc) is 2.03. The first-order valence-electron chi connectivity index (χ1n) is 4.46. The standard InChI is InChI=1S/C8H18N2O/c9-8(11)6-10-7-4-2-1-3-5-7/h7-8,10-11H,1-6,9H2. The second-order valence-corrected chi connectivity index (χ2v) is 3.31. The minimum Gasteiger partial charge on any atom is -0.377 e. The molecule has 66 valence electrons. The zero-order valence-corrected chi connectivity index (χ0v) is 6.92. The van der Waals surface area contributed by atoms with Crippen molar-refractivity contribution in [1.82, 2.24) is 5.32 Å². The van der Waals surface area contributed by atoms with Gasteiger partial charge in [-0.15, -0.1) is 0 Å². The second kappa shape index (κ2) is 4.70. The molecule has 3 nitrogen and oxygen atoms in total. The molecule has 0 saturated heterocycles. The summed E-state index contributed by atoms with van der Waals surface area (Å²) >= 11 is 0. The van der Waals surface area contributed by atoms with E-state index in [1.54, 1.807) is 0 Å². The van der Waals surface area contributed by atoms with Crippen LogP contribution in [0.25, 0.3) is 0 Å². The first kappa shape index (κ1) is 8.97. The highest BCUT2D eigenvalue weighted by molar-refractivity contribution is 4.72. The Kier molecular flexibility index (Phi) is 3.83. The molecule has 0 heterocycles. The van der Waals surface area contributed by atoms with Crippen LogP contribution in [0.2, 0.25) is 0 Å². The molecule has 1 fully saturated rings. The van der Waals surface area contributed by atoms with Crippen molar-refractivity contribution in [1.29, 1.82) is 0 Å². The quantitative estimate of drug-likeness (QED) is 0.514. The molecule has 0 amide bonds. The fraction of sp³-hybridized carbons (Fsp3) is 1.00. The van der Waals surface area contributed by atoms with Crippen molar-refractivity contribution >= 4 is 0 Å². The minimum absolute atomic E-state index is 0.532. The molecule has 1 aliphatic rings. The normalized spacial score (nSPS) is 23.5. The van der Waals surface area contributed by atoms with Gasteiger partial charge in [0, 0.05) is 12.6 Å². The van der Waals surface area contributed by atoms with Crippen LogP contribution in [-0.4, -0.2) is 23.9 Å². The Morgan fingerprint density at radius 2 is 2.00 bits per heavy atom. The number of hydrogen-bond donors (Lipinski definition) is 3. The van der Waals surface area contributed by atoms with Gasteiger partial charge in [-0.25, -0.2) is 0 Å². The highest BCUT2D eigenvalue weighted by Gasteiger charge is 2.12. The van der Waals surface area contributed by atoms with Crippen molar-refractivity contribution in [2.45, 2.75) is 44.4 Å². The third-order valence-corrected chi connectivity index (χ3v) is 2.22. The highest BCUT2D eigenvalue weighted by Crippen LogP contribution is 2.16. The van der Waals surface area contributed by atoms with E-state index in [9.17, 15) is 0 Å². The number of nitrogens with one attached hydrogen (secondary N) is 1. The zero-order chi connectivity index (χ0) is 8.10. The summed E-state index contributed by atoms with van der Waals surface area (Å²) in [6, 6.07) is 0.599. The number of nitrogens with two attached hydrogens (primary N) is 1. The summed E-state index contributed by atoms with van der Waals surface area (Å²) in [6.45, 7) is 0.532. The van der Waals surface area contributed by atoms with Crippen molar-refractivity contribution in [3.8, 4) is 0 Å². The summed E-state index contributed by atoms with van der Waals surface area (Å²) in [5, 5.41) is 12.0. The molecule has 4 N–H and O–H groups in total. The van der Waals surface area contributed by atoms with Gasteiger partial charge in [0.15, 0.2) is 0 Å². The molecule has 11 heavy (non-hydrogen) atoms. The van der Waals surface area contributed by atoms with Crippen molar-refractivity contribution in [2.24, 2.45) is 5.73 Å². The van der Waals surface area contributed by atoms with Gasteiger partial charge in [0.05, 0.1) is 0 Å². The largest absolute Gasteiger partial charge is 0.377 e. The molecule has 1 rings (SSSR count). The molecule has 0 aromatic rings. The molecule has 1 aliphatic carbocycles. The lowest BCUT2D eigenvalue weighted by atomic mass is 9.95. The van der Waals surface area contributed by atoms with Crippen LogP contribution in [-0.2, 0) is 0 Å². The Bertz CT molecular complexity index is 100. The van der Waals surface area contributed by atoms with Crippen LogP contribution >= 0.6 is 0 Å². The third kappa shape index (κ3) is 3.70. The van der Waals surface area contributed by atoms with Crippen molar-refractivity contribution in [3.05, 3.63) is 0 Å². The van der Waals surface area contributed by atoms with Gasteiger partial charge in [-0.05, 0) is 12.8 Å². The highest BCUT2D eigenvalue weighted by atomic mass is 16.3. The molecule has 3 heteroatoms. The number of hydrogen-bond acceptors (Lipinski definition) is 3. The van der Waals surface area contributed by atoms with Gasteiger partial charge in [0.2, 0.25) is 0 Å². The number of rotatable bonds is 3. The van der Waals surface area contributed by atoms with Gasteiger partial charge in [0.1, 0.15) is 6.23 Å². The Balaban J connectivity index is 2.05. The lowest BCUT2D eigenvalue weighted by molar-refractivity contribution is 0.170. The van der Waals surface area contributed by atoms with Gasteiger partial charge in [-0.1, -0.05) is 19.3 Å². The summed E-state index contributed by atoms with van der Waals surface area (Å²) < 4.78 is 0. The van der Waals surface area contributed by atoms with E-state index in [0.29, 0.717) is 12.6 Å². The van der Waals surface area contributed by atoms with Crippen LogP contribution in [0.4, 0.5) is 0 Å². The predicted molar refractivity (Wildman–Crippen MR) is 45.1 cm³/mol. The molecule has 1 unspecified atom stereocenters. The van der Waals surface area contributed by atoms with Crippen LogP contribution in [0.5, 0.6) is 0 Å². The van der Waals surface area contributed by atoms with Gasteiger partial charge in [-0.2, -0.15) is 0 Å². The minimum atomic E-state index is -0.697. The van der Waals surface area contributed by atoms with E-state index in [2.05, 4.69) is 5.32 Å². The van der Waals surface area contributed by atoms with Crippen LogP contribution in [0.15, 0.2) is 0 Å². The summed E-state index contributed by atoms with van der Waals surface area (Å²) in [5.41, 5.74) is 5.20. The van der Waals surface area contributed by atoms with Gasteiger partial charge in [0.25, 0.3) is 0 Å². The van der Waals surface area contributed by atoms with Gasteiger partial charge >= 0.3 is 0 Å². The Labute approximate surface area is 68.0 Å². The van der Waals surface area contributed by atoms with Crippen LogP contribution in [0.1, 0.15) is 32.1 Å². The Morgan fingerprint density at radius 1 is 1.36 bits per heavy atom. The fourth-order valence-electron chi connectivity index (χ4n) is 1.59. The Hall–Kier alpha value is -0.120. The van der Waals surface area contributed by atoms with E-state index >= 15 is 0 Å². The van der Waals surface area contributed by atoms with E-state index < -0.39 is 6.23 Å². The molecular weight excluding hydrogens is 140 g/mol. The third-order valence-electron chi connectivity index (χ3n) is 2.22. The predicted octanol–water partition coefficient (Wildman–Crippen LogP) is 0.186. The van der Waals surface area contributed by atoms with Crippen molar-refractivity contribution in [3.63, 3.8) is 0 Å². The van der Waals surface area contributed by atoms with E-state index in [1.165, 1.54) is 32.1 Å². The lowest BCUT2D eigenvalue weighted by Crippen LogP contribution is -2.40. The molecule has 0 spiro atoms. The molecule has 1 saturated carbocycles. The van der Waals surface area contributed by atoms with E-state index in [0.717, 1.165) is 0 Å². The van der Waals surface area contributed by atoms with E-state index in [4.69, 9.17) is 10.8 Å². The molecule has 0 aromatic heterocycles. The first-order chi connectivity index (χ1) is 5.29. The van der Waals surface area contributed by atoms with Crippen LogP contribution in [0.3, 0.4) is 0 Å². The number of aliphatic hydroxyl groups is 1. The summed E-state index contributed by atoms with van der Waals surface area (Å²) in [4.78, 5) is 0. The summed E-state index contributed by atoms with van der Waals surface area (Å²) in [7, 11) is 0. The molecule has 0 aliphatic heterocycles. The first-order valence-corrected chi connectivity index (χ1v) is 4.46. The molecule has 0 radical (unpaired) electrons. The zero-order valence-electron chi connectivity index (χ0n) is 6.92. The van der Waals surface area contributed by atoms with E-state index in [1.807, 2.05) is 0 Å². The maximum atomic E-state index is 8.80. The number of aliphatic hydroxyl groups excluding tert-OH is 1. The Morgan fingerprint density at radius 3 is 2.55 bits per heavy atom. The monoisotopic (exact) mass is 158 g/mol. The van der Waals surface area contributed by atoms with Gasteiger partial charge < -0.3 is 16.2 Å². The molecule has 0 bridgehead atoms. The van der Waals surface area contributed by atoms with Crippen LogP contribution in [0, 0.1) is 0 Å². The maximum Gasteiger partial charge on any atom is 0.115 e. The molecule has 1 atom stereocenters. The molecule has 0 aromatic carbocycles. The van der Waals surface area contributed by atoms with Crippen molar-refractivity contribution < 1.29 is 5.11 Å². The average molecular weight is 158 g/mol.